The van der Waals surface area contributed by atoms with Crippen LogP contribution in [0.3, 0.4) is 0 Å². The lowest BCUT2D eigenvalue weighted by molar-refractivity contribution is -0.113. The van der Waals surface area contributed by atoms with Crippen molar-refractivity contribution in [2.45, 2.75) is 31.6 Å². The number of hydrogen-bond acceptors (Lipinski definition) is 7. The van der Waals surface area contributed by atoms with Crippen molar-refractivity contribution in [2.75, 3.05) is 11.1 Å². The molecule has 3 rings (SSSR count). The molecule has 0 atom stereocenters. The minimum atomic E-state index is -0.435. The summed E-state index contributed by atoms with van der Waals surface area (Å²) in [4.78, 5) is 46.7. The molecule has 0 fully saturated rings. The van der Waals surface area contributed by atoms with Gasteiger partial charge in [0.05, 0.1) is 16.8 Å². The Labute approximate surface area is 169 Å². The van der Waals surface area contributed by atoms with Crippen molar-refractivity contribution >= 4 is 45.2 Å². The van der Waals surface area contributed by atoms with Gasteiger partial charge < -0.3 is 5.32 Å². The number of aryl methyl sites for hydroxylation is 2. The van der Waals surface area contributed by atoms with E-state index in [0.29, 0.717) is 21.1 Å². The molecule has 0 radical (unpaired) electrons. The number of pyridine rings is 1. The van der Waals surface area contributed by atoms with Gasteiger partial charge in [-0.05, 0) is 18.4 Å². The largest absolute Gasteiger partial charge is 0.332 e. The third-order valence-electron chi connectivity index (χ3n) is 4.28. The van der Waals surface area contributed by atoms with E-state index in [1.165, 1.54) is 34.7 Å². The number of fused-ring (bicyclic) bond motifs is 1. The first-order chi connectivity index (χ1) is 13.2. The molecule has 3 heterocycles. The highest BCUT2D eigenvalue weighted by atomic mass is 32.2. The van der Waals surface area contributed by atoms with Crippen LogP contribution in [-0.4, -0.2) is 30.8 Å². The van der Waals surface area contributed by atoms with E-state index in [-0.39, 0.29) is 17.6 Å². The van der Waals surface area contributed by atoms with E-state index in [4.69, 9.17) is 0 Å². The Hall–Kier alpha value is -2.46. The van der Waals surface area contributed by atoms with Gasteiger partial charge in [0.1, 0.15) is 5.65 Å². The molecule has 0 unspecified atom stereocenters. The molecule has 28 heavy (non-hydrogen) atoms. The lowest BCUT2D eigenvalue weighted by Gasteiger charge is -2.16. The molecule has 1 N–H and O–H groups in total. The van der Waals surface area contributed by atoms with Crippen molar-refractivity contribution in [2.24, 2.45) is 14.1 Å². The summed E-state index contributed by atoms with van der Waals surface area (Å²) in [5.74, 6) is 0.00961. The average Bonchev–Trinajstić information content (AvgIpc) is 3.06. The van der Waals surface area contributed by atoms with Gasteiger partial charge in [-0.25, -0.2) is 14.8 Å². The van der Waals surface area contributed by atoms with E-state index >= 15 is 0 Å². The Morgan fingerprint density at radius 2 is 2.00 bits per heavy atom. The van der Waals surface area contributed by atoms with Crippen LogP contribution in [-0.2, 0) is 18.9 Å². The molecule has 0 saturated heterocycles. The summed E-state index contributed by atoms with van der Waals surface area (Å²) >= 11 is 2.64. The van der Waals surface area contributed by atoms with Gasteiger partial charge in [0, 0.05) is 30.6 Å². The molecular formula is C18H21N5O3S2. The number of anilines is 1. The van der Waals surface area contributed by atoms with Gasteiger partial charge in [0.15, 0.2) is 5.13 Å². The third kappa shape index (κ3) is 3.74. The fourth-order valence-corrected chi connectivity index (χ4v) is 4.62. The van der Waals surface area contributed by atoms with Gasteiger partial charge in [0.25, 0.3) is 5.56 Å². The van der Waals surface area contributed by atoms with Gasteiger partial charge in [0.2, 0.25) is 5.91 Å². The smallest absolute Gasteiger partial charge is 0.301 e. The fourth-order valence-electron chi connectivity index (χ4n) is 2.79. The van der Waals surface area contributed by atoms with E-state index < -0.39 is 11.2 Å². The van der Waals surface area contributed by atoms with Crippen LogP contribution in [0.15, 0.2) is 26.1 Å². The lowest BCUT2D eigenvalue weighted by Crippen LogP contribution is -2.37. The van der Waals surface area contributed by atoms with Crippen molar-refractivity contribution < 1.29 is 4.79 Å². The first-order valence-corrected chi connectivity index (χ1v) is 10.5. The molecule has 10 heteroatoms. The Balaban J connectivity index is 2.03. The van der Waals surface area contributed by atoms with Gasteiger partial charge in [-0.2, -0.15) is 0 Å². The van der Waals surface area contributed by atoms with E-state index in [9.17, 15) is 14.4 Å². The van der Waals surface area contributed by atoms with Gasteiger partial charge in [-0.1, -0.05) is 13.8 Å². The molecule has 0 aliphatic heterocycles. The Kier molecular flexibility index (Phi) is 5.71. The second kappa shape index (κ2) is 7.88. The van der Waals surface area contributed by atoms with Crippen molar-refractivity contribution in [3.63, 3.8) is 0 Å². The Morgan fingerprint density at radius 1 is 1.29 bits per heavy atom. The van der Waals surface area contributed by atoms with Crippen molar-refractivity contribution in [1.29, 1.82) is 0 Å². The van der Waals surface area contributed by atoms with Crippen LogP contribution < -0.4 is 16.6 Å². The van der Waals surface area contributed by atoms with E-state index in [1.807, 2.05) is 26.2 Å². The summed E-state index contributed by atoms with van der Waals surface area (Å²) in [5.41, 5.74) is 1.18. The number of thioether (sulfide) groups is 1. The van der Waals surface area contributed by atoms with Crippen LogP contribution in [0.25, 0.3) is 11.0 Å². The number of nitrogens with zero attached hydrogens (tertiary/aromatic N) is 4. The molecule has 3 aromatic heterocycles. The zero-order valence-corrected chi connectivity index (χ0v) is 17.9. The highest BCUT2D eigenvalue weighted by molar-refractivity contribution is 8.00. The van der Waals surface area contributed by atoms with Gasteiger partial charge in [-0.3, -0.25) is 18.7 Å². The standard InChI is InChI=1S/C18H21N5O3S2/c1-9(2)11-6-19-15-13(16(25)23(5)18(26)22(15)4)14(11)27-8-12(24)21-17-20-10(3)7-28-17/h6-7,9H,8H2,1-5H3,(H,20,21,24). The molecule has 0 spiro atoms. The number of carbonyl (C=O) groups is 1. The quantitative estimate of drug-likeness (QED) is 0.637. The van der Waals surface area contributed by atoms with Crippen LogP contribution in [0.5, 0.6) is 0 Å². The molecule has 0 saturated carbocycles. The molecule has 0 bridgehead atoms. The third-order valence-corrected chi connectivity index (χ3v) is 6.29. The number of hydrogen-bond donors (Lipinski definition) is 1. The van der Waals surface area contributed by atoms with Gasteiger partial charge in [-0.15, -0.1) is 23.1 Å². The predicted octanol–water partition coefficient (Wildman–Crippen LogP) is 2.25. The van der Waals surface area contributed by atoms with Crippen LogP contribution in [0.4, 0.5) is 5.13 Å². The van der Waals surface area contributed by atoms with Crippen LogP contribution >= 0.6 is 23.1 Å². The monoisotopic (exact) mass is 419 g/mol. The summed E-state index contributed by atoms with van der Waals surface area (Å²) < 4.78 is 2.42. The minimum Gasteiger partial charge on any atom is -0.301 e. The van der Waals surface area contributed by atoms with E-state index in [0.717, 1.165) is 15.8 Å². The summed E-state index contributed by atoms with van der Waals surface area (Å²) in [7, 11) is 3.02. The zero-order chi connectivity index (χ0) is 20.6. The highest BCUT2D eigenvalue weighted by Crippen LogP contribution is 2.32. The molecule has 148 valence electrons. The van der Waals surface area contributed by atoms with Crippen LogP contribution in [0.2, 0.25) is 0 Å². The summed E-state index contributed by atoms with van der Waals surface area (Å²) in [6.07, 6.45) is 1.68. The molecular weight excluding hydrogens is 398 g/mol. The SMILES string of the molecule is Cc1csc(NC(=O)CSc2c(C(C)C)cnc3c2c(=O)n(C)c(=O)n3C)n1. The highest BCUT2D eigenvalue weighted by Gasteiger charge is 2.20. The summed E-state index contributed by atoms with van der Waals surface area (Å²) in [6.45, 7) is 5.86. The number of carbonyl (C=O) groups excluding carboxylic acids is 1. The van der Waals surface area contributed by atoms with Crippen LogP contribution in [0.1, 0.15) is 31.0 Å². The molecule has 0 aromatic carbocycles. The molecule has 8 nitrogen and oxygen atoms in total. The average molecular weight is 420 g/mol. The Morgan fingerprint density at radius 3 is 2.61 bits per heavy atom. The predicted molar refractivity (Wildman–Crippen MR) is 113 cm³/mol. The Bertz CT molecular complexity index is 1180. The lowest BCUT2D eigenvalue weighted by atomic mass is 10.0. The number of nitrogens with one attached hydrogen (secondary N) is 1. The van der Waals surface area contributed by atoms with E-state index in [2.05, 4.69) is 15.3 Å². The van der Waals surface area contributed by atoms with E-state index in [1.54, 1.807) is 13.2 Å². The first kappa shape index (κ1) is 20.3. The van der Waals surface area contributed by atoms with Gasteiger partial charge >= 0.3 is 5.69 Å². The maximum atomic E-state index is 12.8. The second-order valence-electron chi connectivity index (χ2n) is 6.73. The normalized spacial score (nSPS) is 11.4. The summed E-state index contributed by atoms with van der Waals surface area (Å²) in [5, 5.41) is 5.54. The molecule has 1 amide bonds. The zero-order valence-electron chi connectivity index (χ0n) is 16.3. The summed E-state index contributed by atoms with van der Waals surface area (Å²) in [6, 6.07) is 0. The molecule has 0 aliphatic carbocycles. The maximum Gasteiger partial charge on any atom is 0.332 e. The van der Waals surface area contributed by atoms with Crippen molar-refractivity contribution in [3.05, 3.63) is 43.7 Å². The number of rotatable bonds is 5. The fraction of sp³-hybridized carbons (Fsp3) is 0.389. The first-order valence-electron chi connectivity index (χ1n) is 8.64. The molecule has 0 aliphatic rings. The second-order valence-corrected chi connectivity index (χ2v) is 8.58. The number of amides is 1. The topological polar surface area (TPSA) is 98.9 Å². The van der Waals surface area contributed by atoms with Crippen molar-refractivity contribution in [3.8, 4) is 0 Å². The van der Waals surface area contributed by atoms with Crippen molar-refractivity contribution in [1.82, 2.24) is 19.1 Å². The maximum absolute atomic E-state index is 12.8. The minimum absolute atomic E-state index is 0.103. The molecule has 3 aromatic rings. The number of thiazole rings is 1. The van der Waals surface area contributed by atoms with Crippen LogP contribution in [0, 0.1) is 6.92 Å². The number of aromatic nitrogens is 4.